The number of aryl methyl sites for hydroxylation is 1. The van der Waals surface area contributed by atoms with Crippen molar-refractivity contribution < 1.29 is 9.90 Å². The van der Waals surface area contributed by atoms with Crippen LogP contribution in [-0.4, -0.2) is 30.7 Å². The molecule has 0 aliphatic rings. The average Bonchev–Trinajstić information content (AvgIpc) is 2.94. The maximum Gasteiger partial charge on any atom is 0.354 e. The largest absolute Gasteiger partial charge is 0.477 e. The van der Waals surface area contributed by atoms with E-state index in [0.717, 1.165) is 12.0 Å². The number of carboxylic acid groups (broad SMARTS) is 1. The van der Waals surface area contributed by atoms with Gasteiger partial charge in [0.25, 0.3) is 5.78 Å². The molecule has 0 amide bonds. The summed E-state index contributed by atoms with van der Waals surface area (Å²) >= 11 is 0. The normalized spacial score (nSPS) is 10.8. The van der Waals surface area contributed by atoms with Gasteiger partial charge in [0.05, 0.1) is 5.69 Å². The monoisotopic (exact) mass is 268 g/mol. The van der Waals surface area contributed by atoms with Crippen LogP contribution in [0.25, 0.3) is 17.0 Å². The summed E-state index contributed by atoms with van der Waals surface area (Å²) < 4.78 is 1.54. The van der Waals surface area contributed by atoms with Crippen LogP contribution in [0.15, 0.2) is 36.7 Å². The van der Waals surface area contributed by atoms with Gasteiger partial charge in [-0.2, -0.15) is 14.6 Å². The molecule has 1 aromatic carbocycles. The molecule has 2 heterocycles. The SMILES string of the molecule is CCc1ccc(-c2cc(C(=O)O)nc3ncnn23)cc1. The summed E-state index contributed by atoms with van der Waals surface area (Å²) in [6.07, 6.45) is 2.31. The first-order valence-electron chi connectivity index (χ1n) is 6.22. The molecule has 0 spiro atoms. The Kier molecular flexibility index (Phi) is 2.90. The third-order valence-electron chi connectivity index (χ3n) is 3.13. The second-order valence-electron chi connectivity index (χ2n) is 4.35. The highest BCUT2D eigenvalue weighted by atomic mass is 16.4. The second kappa shape index (κ2) is 4.73. The minimum absolute atomic E-state index is 0.0416. The Morgan fingerprint density at radius 1 is 1.30 bits per heavy atom. The molecule has 100 valence electrons. The Morgan fingerprint density at radius 2 is 2.05 bits per heavy atom. The van der Waals surface area contributed by atoms with Crippen LogP contribution in [0, 0.1) is 0 Å². The third-order valence-corrected chi connectivity index (χ3v) is 3.13. The summed E-state index contributed by atoms with van der Waals surface area (Å²) in [6.45, 7) is 2.08. The van der Waals surface area contributed by atoms with Gasteiger partial charge in [-0.15, -0.1) is 0 Å². The standard InChI is InChI=1S/C14H12N4O2/c1-2-9-3-5-10(6-4-9)12-7-11(13(19)20)17-14-15-8-16-18(12)14/h3-8H,2H2,1H3,(H,19,20). The van der Waals surface area contributed by atoms with E-state index in [1.54, 1.807) is 0 Å². The smallest absolute Gasteiger partial charge is 0.354 e. The lowest BCUT2D eigenvalue weighted by molar-refractivity contribution is 0.0690. The van der Waals surface area contributed by atoms with Gasteiger partial charge < -0.3 is 5.11 Å². The molecule has 0 bridgehead atoms. The molecule has 3 rings (SSSR count). The first kappa shape index (κ1) is 12.3. The van der Waals surface area contributed by atoms with Gasteiger partial charge in [0.1, 0.15) is 6.33 Å². The summed E-state index contributed by atoms with van der Waals surface area (Å²) in [5, 5.41) is 13.2. The molecule has 0 unspecified atom stereocenters. The number of aromatic carboxylic acids is 1. The predicted octanol–water partition coefficient (Wildman–Crippen LogP) is 2.05. The Morgan fingerprint density at radius 3 is 2.70 bits per heavy atom. The fourth-order valence-corrected chi connectivity index (χ4v) is 2.04. The van der Waals surface area contributed by atoms with Crippen LogP contribution in [0.1, 0.15) is 23.0 Å². The number of nitrogens with zero attached hydrogens (tertiary/aromatic N) is 4. The molecule has 0 fully saturated rings. The van der Waals surface area contributed by atoms with E-state index in [2.05, 4.69) is 22.0 Å². The van der Waals surface area contributed by atoms with Crippen LogP contribution in [0.3, 0.4) is 0 Å². The topological polar surface area (TPSA) is 80.4 Å². The lowest BCUT2D eigenvalue weighted by Gasteiger charge is -2.06. The molecule has 0 aliphatic carbocycles. The minimum Gasteiger partial charge on any atom is -0.477 e. The van der Waals surface area contributed by atoms with Crippen LogP contribution in [0.2, 0.25) is 0 Å². The van der Waals surface area contributed by atoms with Gasteiger partial charge in [0, 0.05) is 5.56 Å². The summed E-state index contributed by atoms with van der Waals surface area (Å²) in [4.78, 5) is 19.0. The number of hydrogen-bond acceptors (Lipinski definition) is 4. The van der Waals surface area contributed by atoms with Crippen LogP contribution < -0.4 is 0 Å². The van der Waals surface area contributed by atoms with E-state index in [1.807, 2.05) is 24.3 Å². The number of carboxylic acids is 1. The van der Waals surface area contributed by atoms with E-state index in [0.29, 0.717) is 5.69 Å². The molecule has 2 aromatic heterocycles. The fourth-order valence-electron chi connectivity index (χ4n) is 2.04. The fraction of sp³-hybridized carbons (Fsp3) is 0.143. The van der Waals surface area contributed by atoms with Crippen molar-refractivity contribution in [2.24, 2.45) is 0 Å². The molecule has 0 atom stereocenters. The van der Waals surface area contributed by atoms with Gasteiger partial charge in [0.15, 0.2) is 5.69 Å². The highest BCUT2D eigenvalue weighted by molar-refractivity contribution is 5.87. The molecule has 0 saturated carbocycles. The van der Waals surface area contributed by atoms with Gasteiger partial charge in [-0.1, -0.05) is 31.2 Å². The van der Waals surface area contributed by atoms with E-state index in [1.165, 1.54) is 22.5 Å². The zero-order valence-corrected chi connectivity index (χ0v) is 10.8. The van der Waals surface area contributed by atoms with Crippen LogP contribution >= 0.6 is 0 Å². The van der Waals surface area contributed by atoms with E-state index in [9.17, 15) is 4.79 Å². The van der Waals surface area contributed by atoms with Crippen molar-refractivity contribution in [2.45, 2.75) is 13.3 Å². The van der Waals surface area contributed by atoms with E-state index >= 15 is 0 Å². The molecule has 0 radical (unpaired) electrons. The van der Waals surface area contributed by atoms with E-state index in [4.69, 9.17) is 5.11 Å². The summed E-state index contributed by atoms with van der Waals surface area (Å²) in [7, 11) is 0. The van der Waals surface area contributed by atoms with Crippen molar-refractivity contribution in [3.63, 3.8) is 0 Å². The molecule has 0 aliphatic heterocycles. The zero-order valence-electron chi connectivity index (χ0n) is 10.8. The van der Waals surface area contributed by atoms with Gasteiger partial charge in [-0.3, -0.25) is 0 Å². The first-order valence-corrected chi connectivity index (χ1v) is 6.22. The number of benzene rings is 1. The van der Waals surface area contributed by atoms with Crippen molar-refractivity contribution in [3.05, 3.63) is 47.9 Å². The van der Waals surface area contributed by atoms with Crippen molar-refractivity contribution in [1.82, 2.24) is 19.6 Å². The number of aromatic nitrogens is 4. The average molecular weight is 268 g/mol. The zero-order chi connectivity index (χ0) is 14.1. The molecular formula is C14H12N4O2. The van der Waals surface area contributed by atoms with Crippen molar-refractivity contribution in [2.75, 3.05) is 0 Å². The third kappa shape index (κ3) is 2.01. The summed E-state index contributed by atoms with van der Waals surface area (Å²) in [5.41, 5.74) is 2.71. The lowest BCUT2D eigenvalue weighted by Crippen LogP contribution is -2.05. The maximum atomic E-state index is 11.1. The molecule has 6 heteroatoms. The van der Waals surface area contributed by atoms with Gasteiger partial charge in [0.2, 0.25) is 0 Å². The molecule has 6 nitrogen and oxygen atoms in total. The van der Waals surface area contributed by atoms with Crippen molar-refractivity contribution >= 4 is 11.7 Å². The Bertz CT molecular complexity index is 777. The number of carbonyl (C=O) groups is 1. The molecule has 0 saturated heterocycles. The van der Waals surface area contributed by atoms with Gasteiger partial charge >= 0.3 is 5.97 Å². The van der Waals surface area contributed by atoms with E-state index < -0.39 is 5.97 Å². The van der Waals surface area contributed by atoms with Crippen LogP contribution in [0.4, 0.5) is 0 Å². The van der Waals surface area contributed by atoms with Crippen molar-refractivity contribution in [1.29, 1.82) is 0 Å². The van der Waals surface area contributed by atoms with Crippen LogP contribution in [0.5, 0.6) is 0 Å². The number of hydrogen-bond donors (Lipinski definition) is 1. The Labute approximate surface area is 114 Å². The molecule has 3 aromatic rings. The van der Waals surface area contributed by atoms with Crippen LogP contribution in [-0.2, 0) is 6.42 Å². The molecule has 20 heavy (non-hydrogen) atoms. The summed E-state index contributed by atoms with van der Waals surface area (Å²) in [6, 6.07) is 9.42. The molecular weight excluding hydrogens is 256 g/mol. The lowest BCUT2D eigenvalue weighted by atomic mass is 10.1. The van der Waals surface area contributed by atoms with E-state index in [-0.39, 0.29) is 11.5 Å². The maximum absolute atomic E-state index is 11.1. The molecule has 1 N–H and O–H groups in total. The summed E-state index contributed by atoms with van der Waals surface area (Å²) in [5.74, 6) is -0.804. The first-order chi connectivity index (χ1) is 9.69. The minimum atomic E-state index is -1.08. The Balaban J connectivity index is 2.22. The second-order valence-corrected chi connectivity index (χ2v) is 4.35. The number of fused-ring (bicyclic) bond motifs is 1. The van der Waals surface area contributed by atoms with Gasteiger partial charge in [-0.05, 0) is 18.1 Å². The van der Waals surface area contributed by atoms with Gasteiger partial charge in [-0.25, -0.2) is 9.78 Å². The quantitative estimate of drug-likeness (QED) is 0.786. The number of rotatable bonds is 3. The Hall–Kier alpha value is -2.76. The van der Waals surface area contributed by atoms with Crippen molar-refractivity contribution in [3.8, 4) is 11.3 Å². The predicted molar refractivity (Wildman–Crippen MR) is 72.6 cm³/mol. The highest BCUT2D eigenvalue weighted by Gasteiger charge is 2.13. The highest BCUT2D eigenvalue weighted by Crippen LogP contribution is 2.21.